The second kappa shape index (κ2) is 6.19. The van der Waals surface area contributed by atoms with Gasteiger partial charge in [-0.05, 0) is 18.6 Å². The van der Waals surface area contributed by atoms with Gasteiger partial charge in [0, 0.05) is 37.7 Å². The third-order valence-corrected chi connectivity index (χ3v) is 3.14. The molecule has 0 bridgehead atoms. The van der Waals surface area contributed by atoms with E-state index in [0.717, 1.165) is 0 Å². The molecule has 0 aromatic carbocycles. The van der Waals surface area contributed by atoms with Crippen molar-refractivity contribution < 1.29 is 22.7 Å². The molecule has 0 atom stereocenters. The number of carbonyl (C=O) groups excluding carboxylic acids is 1. The number of aromatic nitrogens is 1. The molecule has 2 rings (SSSR count). The number of pyridine rings is 1. The molecule has 2 N–H and O–H groups in total. The van der Waals surface area contributed by atoms with Crippen LogP contribution in [0, 0.1) is 0 Å². The van der Waals surface area contributed by atoms with E-state index in [4.69, 9.17) is 0 Å². The number of nitrogens with one attached hydrogen (secondary N) is 2. The smallest absolute Gasteiger partial charge is 0.388 e. The van der Waals surface area contributed by atoms with Crippen molar-refractivity contribution in [2.24, 2.45) is 0 Å². The van der Waals surface area contributed by atoms with Crippen molar-refractivity contribution in [3.63, 3.8) is 0 Å². The van der Waals surface area contributed by atoms with Crippen molar-refractivity contribution in [3.8, 4) is 5.88 Å². The summed E-state index contributed by atoms with van der Waals surface area (Å²) >= 11 is 0. The number of nitrogens with zero attached hydrogens (tertiary/aromatic N) is 1. The number of amides is 2. The van der Waals surface area contributed by atoms with Crippen LogP contribution in [0.25, 0.3) is 0 Å². The zero-order chi connectivity index (χ0) is 15.5. The van der Waals surface area contributed by atoms with E-state index in [2.05, 4.69) is 20.4 Å². The third-order valence-electron chi connectivity index (χ3n) is 3.14. The summed E-state index contributed by atoms with van der Waals surface area (Å²) < 4.78 is 41.5. The van der Waals surface area contributed by atoms with Gasteiger partial charge in [-0.2, -0.15) is 8.78 Å². The first-order valence-corrected chi connectivity index (χ1v) is 6.47. The molecular weight excluding hydrogens is 287 g/mol. The van der Waals surface area contributed by atoms with Gasteiger partial charge in [0.2, 0.25) is 5.88 Å². The Balaban J connectivity index is 1.76. The topological polar surface area (TPSA) is 63.2 Å². The van der Waals surface area contributed by atoms with Gasteiger partial charge in [-0.1, -0.05) is 0 Å². The van der Waals surface area contributed by atoms with E-state index in [-0.39, 0.29) is 18.5 Å². The molecule has 0 aliphatic heterocycles. The fourth-order valence-corrected chi connectivity index (χ4v) is 2.20. The Morgan fingerprint density at radius 3 is 2.90 bits per heavy atom. The number of halogens is 3. The molecule has 5 nitrogen and oxygen atoms in total. The average Bonchev–Trinajstić information content (AvgIpc) is 2.34. The van der Waals surface area contributed by atoms with Crippen LogP contribution in [0.4, 0.5) is 18.0 Å². The molecule has 0 spiro atoms. The molecule has 1 saturated carbocycles. The van der Waals surface area contributed by atoms with Crippen LogP contribution in [0.2, 0.25) is 0 Å². The fourth-order valence-electron chi connectivity index (χ4n) is 2.20. The Morgan fingerprint density at radius 2 is 2.29 bits per heavy atom. The molecule has 21 heavy (non-hydrogen) atoms. The van der Waals surface area contributed by atoms with Gasteiger partial charge < -0.3 is 15.4 Å². The maximum absolute atomic E-state index is 13.3. The van der Waals surface area contributed by atoms with Crippen LogP contribution in [0.3, 0.4) is 0 Å². The van der Waals surface area contributed by atoms with E-state index in [9.17, 15) is 18.0 Å². The first-order chi connectivity index (χ1) is 9.84. The molecule has 116 valence electrons. The first-order valence-electron chi connectivity index (χ1n) is 6.47. The first kappa shape index (κ1) is 15.4. The molecule has 1 aliphatic rings. The van der Waals surface area contributed by atoms with Gasteiger partial charge in [-0.15, -0.1) is 0 Å². The lowest BCUT2D eigenvalue weighted by atomic mass is 9.79. The zero-order valence-electron chi connectivity index (χ0n) is 11.4. The molecular formula is C13H16F3N3O2. The van der Waals surface area contributed by atoms with Crippen molar-refractivity contribution in [2.45, 2.75) is 44.6 Å². The second-order valence-corrected chi connectivity index (χ2v) is 5.23. The predicted molar refractivity (Wildman–Crippen MR) is 68.8 cm³/mol. The number of hydrogen-bond donors (Lipinski definition) is 2. The molecule has 1 heterocycles. The largest absolute Gasteiger partial charge is 0.417 e. The summed E-state index contributed by atoms with van der Waals surface area (Å²) in [5.74, 6) is -0.211. The van der Waals surface area contributed by atoms with Crippen molar-refractivity contribution >= 4 is 6.03 Å². The minimum absolute atomic E-state index is 0.133. The Bertz CT molecular complexity index is 503. The van der Waals surface area contributed by atoms with Crippen molar-refractivity contribution in [1.29, 1.82) is 0 Å². The molecule has 1 aromatic rings. The van der Waals surface area contributed by atoms with Crippen molar-refractivity contribution in [2.75, 3.05) is 0 Å². The second-order valence-electron chi connectivity index (χ2n) is 5.23. The summed E-state index contributed by atoms with van der Waals surface area (Å²) in [6, 6.07) is 2.29. The van der Waals surface area contributed by atoms with Crippen LogP contribution >= 0.6 is 0 Å². The molecule has 8 heteroatoms. The standard InChI is InChI=1S/C13H16F3N3O2/c1-13(16)5-9(6-13)19-12(20)18-7-8-2-3-17-10(4-8)21-11(14)15/h2-4,9,11H,5-7H2,1H3,(H2,18,19,20). The fraction of sp³-hybridized carbons (Fsp3) is 0.538. The highest BCUT2D eigenvalue weighted by molar-refractivity contribution is 5.74. The average molecular weight is 303 g/mol. The molecule has 1 aliphatic carbocycles. The highest BCUT2D eigenvalue weighted by Gasteiger charge is 2.41. The Morgan fingerprint density at radius 1 is 1.57 bits per heavy atom. The molecule has 0 unspecified atom stereocenters. The third kappa shape index (κ3) is 4.80. The lowest BCUT2D eigenvalue weighted by Gasteiger charge is -2.38. The van der Waals surface area contributed by atoms with Crippen molar-refractivity contribution in [3.05, 3.63) is 23.9 Å². The lowest BCUT2D eigenvalue weighted by molar-refractivity contribution is -0.0529. The van der Waals surface area contributed by atoms with Gasteiger partial charge in [-0.25, -0.2) is 14.2 Å². The highest BCUT2D eigenvalue weighted by atomic mass is 19.3. The maximum Gasteiger partial charge on any atom is 0.388 e. The van der Waals surface area contributed by atoms with Gasteiger partial charge in [0.25, 0.3) is 0 Å². The number of urea groups is 1. The minimum Gasteiger partial charge on any atom is -0.417 e. The van der Waals surface area contributed by atoms with E-state index >= 15 is 0 Å². The van der Waals surface area contributed by atoms with Crippen LogP contribution in [0.15, 0.2) is 18.3 Å². The number of carbonyl (C=O) groups is 1. The van der Waals surface area contributed by atoms with E-state index < -0.39 is 18.3 Å². The molecule has 0 saturated heterocycles. The Labute approximate surface area is 119 Å². The SMILES string of the molecule is CC1(F)CC(NC(=O)NCc2ccnc(OC(F)F)c2)C1. The molecule has 0 radical (unpaired) electrons. The predicted octanol–water partition coefficient (Wildman–Crippen LogP) is 2.37. The van der Waals surface area contributed by atoms with Gasteiger partial charge >= 0.3 is 12.6 Å². The summed E-state index contributed by atoms with van der Waals surface area (Å²) in [5.41, 5.74) is -0.635. The molecule has 2 amide bonds. The summed E-state index contributed by atoms with van der Waals surface area (Å²) in [5, 5.41) is 5.19. The van der Waals surface area contributed by atoms with Crippen molar-refractivity contribution in [1.82, 2.24) is 15.6 Å². The Hall–Kier alpha value is -1.99. The van der Waals surface area contributed by atoms with Crippen LogP contribution < -0.4 is 15.4 Å². The molecule has 1 fully saturated rings. The normalized spacial score (nSPS) is 24.3. The maximum atomic E-state index is 13.3. The minimum atomic E-state index is -2.95. The van der Waals surface area contributed by atoms with Gasteiger partial charge in [0.1, 0.15) is 5.67 Å². The van der Waals surface area contributed by atoms with E-state index in [1.54, 1.807) is 6.07 Å². The quantitative estimate of drug-likeness (QED) is 0.878. The Kier molecular flexibility index (Phi) is 4.54. The van der Waals surface area contributed by atoms with Crippen LogP contribution in [-0.4, -0.2) is 29.3 Å². The van der Waals surface area contributed by atoms with Crippen LogP contribution in [-0.2, 0) is 6.54 Å². The zero-order valence-corrected chi connectivity index (χ0v) is 11.4. The number of ether oxygens (including phenoxy) is 1. The van der Waals surface area contributed by atoms with E-state index in [1.807, 2.05) is 0 Å². The van der Waals surface area contributed by atoms with E-state index in [1.165, 1.54) is 19.2 Å². The van der Waals surface area contributed by atoms with E-state index in [0.29, 0.717) is 18.4 Å². The van der Waals surface area contributed by atoms with Gasteiger partial charge in [0.15, 0.2) is 0 Å². The number of alkyl halides is 3. The summed E-state index contributed by atoms with van der Waals surface area (Å²) in [6.45, 7) is -1.32. The van der Waals surface area contributed by atoms with Crippen LogP contribution in [0.1, 0.15) is 25.3 Å². The summed E-state index contributed by atoms with van der Waals surface area (Å²) in [6.07, 6.45) is 1.90. The molecule has 1 aromatic heterocycles. The summed E-state index contributed by atoms with van der Waals surface area (Å²) in [4.78, 5) is 15.2. The number of hydrogen-bond acceptors (Lipinski definition) is 3. The monoisotopic (exact) mass is 303 g/mol. The highest BCUT2D eigenvalue weighted by Crippen LogP contribution is 2.35. The lowest BCUT2D eigenvalue weighted by Crippen LogP contribution is -2.53. The number of rotatable bonds is 5. The summed E-state index contributed by atoms with van der Waals surface area (Å²) in [7, 11) is 0. The van der Waals surface area contributed by atoms with Gasteiger partial charge in [-0.3, -0.25) is 0 Å². The van der Waals surface area contributed by atoms with Crippen LogP contribution in [0.5, 0.6) is 5.88 Å². The van der Waals surface area contributed by atoms with Gasteiger partial charge in [0.05, 0.1) is 0 Å².